The molecule has 0 radical (unpaired) electrons. The largest absolute Gasteiger partial charge is 0.348 e. The van der Waals surface area contributed by atoms with Crippen molar-refractivity contribution in [2.24, 2.45) is 0 Å². The van der Waals surface area contributed by atoms with Crippen LogP contribution in [0, 0.1) is 0 Å². The van der Waals surface area contributed by atoms with E-state index in [1.165, 1.54) is 0 Å². The summed E-state index contributed by atoms with van der Waals surface area (Å²) in [6.45, 7) is 0. The van der Waals surface area contributed by atoms with Crippen molar-refractivity contribution in [2.75, 3.05) is 0 Å². The lowest BCUT2D eigenvalue weighted by Crippen LogP contribution is -2.38. The fraction of sp³-hybridized carbons (Fsp3) is 0.273. The lowest BCUT2D eigenvalue weighted by molar-refractivity contribution is 0.0919. The third-order valence-corrected chi connectivity index (χ3v) is 6.38. The molecule has 0 aliphatic heterocycles. The summed E-state index contributed by atoms with van der Waals surface area (Å²) < 4.78 is 2.72. The van der Waals surface area contributed by atoms with E-state index in [9.17, 15) is 9.59 Å². The standard InChI is InChI=1S/C22H20BrN5O2/c23-14-9-10-28-18(12-24-19(28)11-14)22(30)25-15-7-5-13(6-8-15)20-16-3-1-2-4-17(16)21(29)27-26-20/h1-4,9-13,15H,5-8H2,(H,25,30)(H,27,29). The number of imidazole rings is 1. The van der Waals surface area contributed by atoms with Gasteiger partial charge in [0, 0.05) is 28.0 Å². The van der Waals surface area contributed by atoms with Crippen molar-refractivity contribution in [2.45, 2.75) is 37.6 Å². The van der Waals surface area contributed by atoms with Crippen LogP contribution in [0.2, 0.25) is 0 Å². The van der Waals surface area contributed by atoms with Gasteiger partial charge in [0.25, 0.3) is 11.5 Å². The average molecular weight is 466 g/mol. The number of carbonyl (C=O) groups is 1. The van der Waals surface area contributed by atoms with Crippen LogP contribution in [0.5, 0.6) is 0 Å². The molecule has 1 aromatic carbocycles. The minimum Gasteiger partial charge on any atom is -0.348 e. The van der Waals surface area contributed by atoms with Crippen LogP contribution in [-0.2, 0) is 0 Å². The lowest BCUT2D eigenvalue weighted by atomic mass is 9.82. The Kier molecular flexibility index (Phi) is 4.86. The number of carbonyl (C=O) groups excluding carboxylic acids is 1. The van der Waals surface area contributed by atoms with Crippen molar-refractivity contribution in [1.82, 2.24) is 24.9 Å². The highest BCUT2D eigenvalue weighted by atomic mass is 79.9. The Balaban J connectivity index is 1.29. The summed E-state index contributed by atoms with van der Waals surface area (Å²) in [7, 11) is 0. The molecule has 1 aliphatic carbocycles. The van der Waals surface area contributed by atoms with Crippen molar-refractivity contribution < 1.29 is 4.79 Å². The summed E-state index contributed by atoms with van der Waals surface area (Å²) in [5, 5.41) is 11.7. The first kappa shape index (κ1) is 19.0. The molecular weight excluding hydrogens is 446 g/mol. The van der Waals surface area contributed by atoms with Crippen LogP contribution < -0.4 is 10.9 Å². The molecule has 0 saturated heterocycles. The molecule has 8 heteroatoms. The van der Waals surface area contributed by atoms with E-state index < -0.39 is 0 Å². The van der Waals surface area contributed by atoms with Crippen molar-refractivity contribution in [3.63, 3.8) is 0 Å². The van der Waals surface area contributed by atoms with Crippen LogP contribution in [0.4, 0.5) is 0 Å². The van der Waals surface area contributed by atoms with E-state index >= 15 is 0 Å². The Hall–Kier alpha value is -3.00. The first-order chi connectivity index (χ1) is 14.6. The van der Waals surface area contributed by atoms with Crippen LogP contribution in [0.1, 0.15) is 47.8 Å². The van der Waals surface area contributed by atoms with Crippen LogP contribution in [0.25, 0.3) is 16.4 Å². The fourth-order valence-electron chi connectivity index (χ4n) is 4.34. The van der Waals surface area contributed by atoms with E-state index in [2.05, 4.69) is 36.4 Å². The minimum absolute atomic E-state index is 0.110. The smallest absolute Gasteiger partial charge is 0.272 e. The van der Waals surface area contributed by atoms with Crippen molar-refractivity contribution >= 4 is 38.3 Å². The Bertz CT molecular complexity index is 1300. The second-order valence-corrected chi connectivity index (χ2v) is 8.64. The Morgan fingerprint density at radius 2 is 1.90 bits per heavy atom. The number of halogens is 1. The van der Waals surface area contributed by atoms with Gasteiger partial charge in [-0.3, -0.25) is 14.0 Å². The Morgan fingerprint density at radius 3 is 2.70 bits per heavy atom. The average Bonchev–Trinajstić information content (AvgIpc) is 3.18. The highest BCUT2D eigenvalue weighted by Crippen LogP contribution is 2.34. The zero-order valence-electron chi connectivity index (χ0n) is 16.1. The van der Waals surface area contributed by atoms with Gasteiger partial charge < -0.3 is 5.32 Å². The number of aromatic amines is 1. The second kappa shape index (κ2) is 7.68. The Morgan fingerprint density at radius 1 is 1.13 bits per heavy atom. The third-order valence-electron chi connectivity index (χ3n) is 5.88. The molecule has 3 heterocycles. The highest BCUT2D eigenvalue weighted by Gasteiger charge is 2.27. The van der Waals surface area contributed by atoms with Crippen molar-refractivity contribution in [1.29, 1.82) is 0 Å². The first-order valence-electron chi connectivity index (χ1n) is 10.0. The van der Waals surface area contributed by atoms with Gasteiger partial charge in [-0.05, 0) is 43.9 Å². The molecule has 2 N–H and O–H groups in total. The van der Waals surface area contributed by atoms with Gasteiger partial charge >= 0.3 is 0 Å². The molecule has 0 atom stereocenters. The topological polar surface area (TPSA) is 92.1 Å². The summed E-state index contributed by atoms with van der Waals surface area (Å²) in [4.78, 5) is 29.2. The zero-order chi connectivity index (χ0) is 20.7. The second-order valence-electron chi connectivity index (χ2n) is 7.72. The minimum atomic E-state index is -0.157. The first-order valence-corrected chi connectivity index (χ1v) is 10.8. The fourth-order valence-corrected chi connectivity index (χ4v) is 4.66. The van der Waals surface area contributed by atoms with E-state index in [1.807, 2.05) is 42.6 Å². The van der Waals surface area contributed by atoms with Crippen LogP contribution >= 0.6 is 15.9 Å². The lowest BCUT2D eigenvalue weighted by Gasteiger charge is -2.29. The number of H-pyrrole nitrogens is 1. The summed E-state index contributed by atoms with van der Waals surface area (Å²) in [6, 6.07) is 11.5. The molecule has 1 amide bonds. The molecule has 1 saturated carbocycles. The van der Waals surface area contributed by atoms with Gasteiger partial charge in [-0.15, -0.1) is 0 Å². The zero-order valence-corrected chi connectivity index (χ0v) is 17.7. The number of benzene rings is 1. The van der Waals surface area contributed by atoms with E-state index in [-0.39, 0.29) is 23.4 Å². The molecule has 7 nitrogen and oxygen atoms in total. The van der Waals surface area contributed by atoms with Crippen LogP contribution in [0.15, 0.2) is 58.1 Å². The number of hydrogen-bond acceptors (Lipinski definition) is 4. The van der Waals surface area contributed by atoms with Gasteiger partial charge in [-0.1, -0.05) is 34.1 Å². The number of fused-ring (bicyclic) bond motifs is 2. The number of nitrogens with zero attached hydrogens (tertiary/aromatic N) is 3. The monoisotopic (exact) mass is 465 g/mol. The highest BCUT2D eigenvalue weighted by molar-refractivity contribution is 9.10. The predicted molar refractivity (Wildman–Crippen MR) is 118 cm³/mol. The SMILES string of the molecule is O=C(NC1CCC(c2n[nH]c(=O)c3ccccc23)CC1)c1cnc2cc(Br)ccn12. The maximum absolute atomic E-state index is 12.8. The molecule has 5 rings (SSSR count). The number of rotatable bonds is 3. The van der Waals surface area contributed by atoms with E-state index in [0.29, 0.717) is 11.1 Å². The molecule has 0 spiro atoms. The molecular formula is C22H20BrN5O2. The van der Waals surface area contributed by atoms with E-state index in [1.54, 1.807) is 10.6 Å². The molecule has 30 heavy (non-hydrogen) atoms. The number of amides is 1. The molecule has 3 aromatic heterocycles. The third kappa shape index (κ3) is 3.41. The van der Waals surface area contributed by atoms with Crippen LogP contribution in [-0.4, -0.2) is 31.5 Å². The van der Waals surface area contributed by atoms with Gasteiger partial charge in [0.2, 0.25) is 0 Å². The van der Waals surface area contributed by atoms with E-state index in [0.717, 1.165) is 46.9 Å². The number of pyridine rings is 1. The number of nitrogens with one attached hydrogen (secondary N) is 2. The maximum Gasteiger partial charge on any atom is 0.272 e. The quantitative estimate of drug-likeness (QED) is 0.481. The molecule has 1 aliphatic rings. The molecule has 0 unspecified atom stereocenters. The van der Waals surface area contributed by atoms with Gasteiger partial charge in [0.15, 0.2) is 0 Å². The number of hydrogen-bond donors (Lipinski definition) is 2. The molecule has 4 aromatic rings. The Labute approximate surface area is 180 Å². The number of aromatic nitrogens is 4. The summed E-state index contributed by atoms with van der Waals surface area (Å²) in [5.41, 5.74) is 2.06. The summed E-state index contributed by atoms with van der Waals surface area (Å²) in [6.07, 6.45) is 7.01. The van der Waals surface area contributed by atoms with E-state index in [4.69, 9.17) is 0 Å². The maximum atomic E-state index is 12.8. The molecule has 0 bridgehead atoms. The van der Waals surface area contributed by atoms with Gasteiger partial charge in [0.1, 0.15) is 11.3 Å². The van der Waals surface area contributed by atoms with Crippen molar-refractivity contribution in [3.8, 4) is 0 Å². The molecule has 1 fully saturated rings. The normalized spacial score (nSPS) is 19.2. The summed E-state index contributed by atoms with van der Waals surface area (Å²) >= 11 is 3.42. The predicted octanol–water partition coefficient (Wildman–Crippen LogP) is 3.79. The van der Waals surface area contributed by atoms with Gasteiger partial charge in [-0.25, -0.2) is 10.1 Å². The van der Waals surface area contributed by atoms with Gasteiger partial charge in [-0.2, -0.15) is 5.10 Å². The van der Waals surface area contributed by atoms with Gasteiger partial charge in [0.05, 0.1) is 17.3 Å². The summed E-state index contributed by atoms with van der Waals surface area (Å²) in [5.74, 6) is 0.161. The molecule has 152 valence electrons. The van der Waals surface area contributed by atoms with Crippen LogP contribution in [0.3, 0.4) is 0 Å². The van der Waals surface area contributed by atoms with Crippen molar-refractivity contribution in [3.05, 3.63) is 75.0 Å².